The average Bonchev–Trinajstić information content (AvgIpc) is 2.92. The quantitative estimate of drug-likeness (QED) is 0.777. The number of nitrogens with zero attached hydrogens (tertiary/aromatic N) is 2. The molecular weight excluding hydrogens is 280 g/mol. The number of rotatable bonds is 5. The number of likely N-dealkylation sites (N-methyl/N-ethyl adjacent to an activating group) is 2. The maximum atomic E-state index is 12.4. The molecule has 0 saturated carbocycles. The Balaban J connectivity index is 1.58. The van der Waals surface area contributed by atoms with Gasteiger partial charge in [0.2, 0.25) is 6.79 Å². The highest BCUT2D eigenvalue weighted by Gasteiger charge is 2.34. The summed E-state index contributed by atoms with van der Waals surface area (Å²) >= 11 is 0. The fraction of sp³-hybridized carbons (Fsp3) is 0.588. The van der Waals surface area contributed by atoms with E-state index < -0.39 is 0 Å². The molecule has 0 N–H and O–H groups in total. The number of likely N-dealkylation sites (tertiary alicyclic amines) is 1. The molecule has 0 aliphatic carbocycles. The first-order chi connectivity index (χ1) is 10.5. The highest BCUT2D eigenvalue weighted by atomic mass is 16.7. The summed E-state index contributed by atoms with van der Waals surface area (Å²) < 4.78 is 11.6. The van der Waals surface area contributed by atoms with Crippen molar-refractivity contribution >= 4 is 5.91 Å². The molecule has 2 heterocycles. The van der Waals surface area contributed by atoms with Crippen molar-refractivity contribution in [3.05, 3.63) is 23.8 Å². The second kappa shape index (κ2) is 5.80. The molecule has 1 saturated heterocycles. The second-order valence-corrected chi connectivity index (χ2v) is 6.82. The van der Waals surface area contributed by atoms with E-state index >= 15 is 0 Å². The minimum atomic E-state index is 0.167. The Morgan fingerprint density at radius 3 is 2.73 bits per heavy atom. The maximum Gasteiger partial charge on any atom is 0.277 e. The van der Waals surface area contributed by atoms with Crippen LogP contribution in [0.25, 0.3) is 0 Å². The van der Waals surface area contributed by atoms with Crippen molar-refractivity contribution in [2.24, 2.45) is 0 Å². The van der Waals surface area contributed by atoms with Crippen LogP contribution in [-0.4, -0.2) is 61.9 Å². The monoisotopic (exact) mass is 305 g/mol. The third-order valence-corrected chi connectivity index (χ3v) is 4.94. The molecule has 120 valence electrons. The van der Waals surface area contributed by atoms with Gasteiger partial charge in [-0.3, -0.25) is 4.79 Å². The summed E-state index contributed by atoms with van der Waals surface area (Å²) in [5.41, 5.74) is 1.17. The van der Waals surface area contributed by atoms with E-state index in [4.69, 9.17) is 9.47 Å². The molecule has 0 unspecified atom stereocenters. The summed E-state index contributed by atoms with van der Waals surface area (Å²) in [7, 11) is 4.07. The van der Waals surface area contributed by atoms with Gasteiger partial charge in [0.15, 0.2) is 18.0 Å². The molecule has 0 spiro atoms. The first kappa shape index (κ1) is 15.2. The van der Waals surface area contributed by atoms with E-state index in [2.05, 4.69) is 14.0 Å². The zero-order chi connectivity index (χ0) is 15.7. The lowest BCUT2D eigenvalue weighted by Gasteiger charge is -2.42. The minimum Gasteiger partial charge on any atom is -0.454 e. The molecule has 5 heteroatoms. The molecule has 3 rings (SSSR count). The van der Waals surface area contributed by atoms with Crippen LogP contribution >= 0.6 is 0 Å². The van der Waals surface area contributed by atoms with Crippen molar-refractivity contribution in [3.63, 3.8) is 0 Å². The number of fused-ring (bicyclic) bond motifs is 1. The highest BCUT2D eigenvalue weighted by molar-refractivity contribution is 5.77. The Morgan fingerprint density at radius 1 is 1.32 bits per heavy atom. The number of quaternary nitrogens is 1. The van der Waals surface area contributed by atoms with Crippen LogP contribution in [0.5, 0.6) is 11.5 Å². The lowest BCUT2D eigenvalue weighted by Crippen LogP contribution is -2.59. The fourth-order valence-electron chi connectivity index (χ4n) is 3.09. The van der Waals surface area contributed by atoms with Crippen LogP contribution in [0, 0.1) is 0 Å². The first-order valence-corrected chi connectivity index (χ1v) is 7.95. The molecule has 5 nitrogen and oxygen atoms in total. The zero-order valence-corrected chi connectivity index (χ0v) is 13.7. The van der Waals surface area contributed by atoms with Crippen LogP contribution in [0.4, 0.5) is 0 Å². The van der Waals surface area contributed by atoms with E-state index in [1.165, 1.54) is 12.0 Å². The van der Waals surface area contributed by atoms with Gasteiger partial charge in [-0.2, -0.15) is 0 Å². The lowest BCUT2D eigenvalue weighted by molar-refractivity contribution is -0.939. The number of hydrogen-bond acceptors (Lipinski definition) is 3. The van der Waals surface area contributed by atoms with Gasteiger partial charge in [0.05, 0.1) is 20.1 Å². The van der Waals surface area contributed by atoms with Gasteiger partial charge in [-0.1, -0.05) is 6.07 Å². The van der Waals surface area contributed by atoms with Gasteiger partial charge in [-0.15, -0.1) is 0 Å². The number of benzene rings is 1. The van der Waals surface area contributed by atoms with Crippen LogP contribution in [-0.2, 0) is 11.2 Å². The Kier molecular flexibility index (Phi) is 4.00. The smallest absolute Gasteiger partial charge is 0.277 e. The molecule has 2 aliphatic heterocycles. The van der Waals surface area contributed by atoms with Gasteiger partial charge in [0.1, 0.15) is 0 Å². The normalized spacial score (nSPS) is 19.4. The van der Waals surface area contributed by atoms with E-state index in [9.17, 15) is 4.79 Å². The van der Waals surface area contributed by atoms with Crippen LogP contribution in [0.2, 0.25) is 0 Å². The summed E-state index contributed by atoms with van der Waals surface area (Å²) in [6, 6.07) is 6.17. The van der Waals surface area contributed by atoms with Crippen LogP contribution in [0.3, 0.4) is 0 Å². The molecule has 2 aliphatic rings. The van der Waals surface area contributed by atoms with E-state index in [0.29, 0.717) is 13.3 Å². The van der Waals surface area contributed by atoms with Gasteiger partial charge in [-0.25, -0.2) is 0 Å². The molecule has 0 aromatic heterocycles. The number of carbonyl (C=O) groups excluding carboxylic acids is 1. The van der Waals surface area contributed by atoms with E-state index in [1.807, 2.05) is 30.1 Å². The molecular formula is C17H25N2O3+. The number of carbonyl (C=O) groups is 1. The average molecular weight is 305 g/mol. The topological polar surface area (TPSA) is 38.8 Å². The Bertz CT molecular complexity index is 569. The van der Waals surface area contributed by atoms with Crippen molar-refractivity contribution < 1.29 is 18.8 Å². The zero-order valence-electron chi connectivity index (χ0n) is 13.7. The van der Waals surface area contributed by atoms with Crippen LogP contribution in [0.1, 0.15) is 18.9 Å². The maximum absolute atomic E-state index is 12.4. The van der Waals surface area contributed by atoms with Crippen molar-refractivity contribution in [2.75, 3.05) is 40.5 Å². The Morgan fingerprint density at radius 2 is 2.05 bits per heavy atom. The van der Waals surface area contributed by atoms with E-state index in [0.717, 1.165) is 35.5 Å². The largest absolute Gasteiger partial charge is 0.454 e. The summed E-state index contributed by atoms with van der Waals surface area (Å²) in [4.78, 5) is 14.3. The molecule has 1 fully saturated rings. The Labute approximate surface area is 132 Å². The lowest BCUT2D eigenvalue weighted by atomic mass is 10.1. The molecule has 0 bridgehead atoms. The molecule has 1 amide bonds. The van der Waals surface area contributed by atoms with Crippen LogP contribution in [0.15, 0.2) is 18.2 Å². The van der Waals surface area contributed by atoms with Crippen LogP contribution < -0.4 is 9.47 Å². The third-order valence-electron chi connectivity index (χ3n) is 4.94. The Hall–Kier alpha value is -1.75. The molecule has 1 atom stereocenters. The number of hydrogen-bond donors (Lipinski definition) is 0. The molecule has 1 aromatic carbocycles. The van der Waals surface area contributed by atoms with Crippen molar-refractivity contribution in [1.82, 2.24) is 4.90 Å². The third kappa shape index (κ3) is 3.04. The SMILES string of the molecule is C[C@H](Cc1ccc2c(c1)OCO2)N(C)C(=O)C[N+]1(C)CCC1. The second-order valence-electron chi connectivity index (χ2n) is 6.82. The fourth-order valence-corrected chi connectivity index (χ4v) is 3.09. The van der Waals surface area contributed by atoms with Gasteiger partial charge in [0.25, 0.3) is 5.91 Å². The summed E-state index contributed by atoms with van der Waals surface area (Å²) in [5.74, 6) is 1.84. The van der Waals surface area contributed by atoms with Gasteiger partial charge >= 0.3 is 0 Å². The summed E-state index contributed by atoms with van der Waals surface area (Å²) in [6.07, 6.45) is 2.06. The van der Waals surface area contributed by atoms with Crippen molar-refractivity contribution in [3.8, 4) is 11.5 Å². The summed E-state index contributed by atoms with van der Waals surface area (Å²) in [6.45, 7) is 5.25. The van der Waals surface area contributed by atoms with Gasteiger partial charge in [-0.05, 0) is 31.0 Å². The predicted octanol–water partition coefficient (Wildman–Crippen LogP) is 1.66. The van der Waals surface area contributed by atoms with E-state index in [1.54, 1.807) is 0 Å². The first-order valence-electron chi connectivity index (χ1n) is 7.95. The highest BCUT2D eigenvalue weighted by Crippen LogP contribution is 2.33. The van der Waals surface area contributed by atoms with Gasteiger partial charge in [0, 0.05) is 19.5 Å². The molecule has 22 heavy (non-hydrogen) atoms. The predicted molar refractivity (Wildman–Crippen MR) is 83.9 cm³/mol. The number of ether oxygens (including phenoxy) is 2. The molecule has 1 aromatic rings. The van der Waals surface area contributed by atoms with E-state index in [-0.39, 0.29) is 11.9 Å². The number of amides is 1. The van der Waals surface area contributed by atoms with Crippen molar-refractivity contribution in [2.45, 2.75) is 25.8 Å². The van der Waals surface area contributed by atoms with Crippen molar-refractivity contribution in [1.29, 1.82) is 0 Å². The standard InChI is InChI=1S/C17H25N2O3/c1-13(18(2)17(20)11-19(3)7-4-8-19)9-14-5-6-15-16(10-14)22-12-21-15/h5-6,10,13H,4,7-9,11-12H2,1-3H3/q+1/t13-/m1/s1. The minimum absolute atomic E-state index is 0.167. The molecule has 0 radical (unpaired) electrons. The van der Waals surface area contributed by atoms with Gasteiger partial charge < -0.3 is 18.9 Å². The summed E-state index contributed by atoms with van der Waals surface area (Å²) in [5, 5.41) is 0.